The first kappa shape index (κ1) is 15.1. The zero-order chi connectivity index (χ0) is 14.9. The fourth-order valence-electron chi connectivity index (χ4n) is 3.27. The van der Waals surface area contributed by atoms with Crippen LogP contribution in [-0.4, -0.2) is 30.3 Å². The molecule has 0 saturated heterocycles. The molecule has 0 amide bonds. The number of likely N-dealkylation sites (N-methyl/N-ethyl adjacent to an activating group) is 1. The summed E-state index contributed by atoms with van der Waals surface area (Å²) in [7, 11) is 3.68. The maximum Gasteiger partial charge on any atom is 0.186 e. The van der Waals surface area contributed by atoms with Crippen molar-refractivity contribution < 1.29 is 13.6 Å². The fourth-order valence-corrected chi connectivity index (χ4v) is 3.27. The van der Waals surface area contributed by atoms with Crippen LogP contribution in [0, 0.1) is 17.6 Å². The van der Waals surface area contributed by atoms with Crippen molar-refractivity contribution >= 4 is 5.78 Å². The van der Waals surface area contributed by atoms with Gasteiger partial charge in [-0.2, -0.15) is 0 Å². The Morgan fingerprint density at radius 2 is 2.05 bits per heavy atom. The minimum atomic E-state index is -1.03. The molecular weight excluding hydrogens is 260 g/mol. The first-order valence-electron chi connectivity index (χ1n) is 7.05. The van der Waals surface area contributed by atoms with Crippen molar-refractivity contribution in [2.75, 3.05) is 14.1 Å². The summed E-state index contributed by atoms with van der Waals surface area (Å²) in [6, 6.07) is 3.81. The molecular formula is C16H21F2NO. The van der Waals surface area contributed by atoms with Crippen molar-refractivity contribution in [3.63, 3.8) is 0 Å². The first-order chi connectivity index (χ1) is 9.38. The average Bonchev–Trinajstić information content (AvgIpc) is 2.40. The number of Topliss-reactive ketones (excluding diaryl/α,β-unsaturated/α-hetero) is 1. The number of nitrogens with zero attached hydrogens (tertiary/aromatic N) is 1. The van der Waals surface area contributed by atoms with E-state index in [0.29, 0.717) is 18.8 Å². The SMILES string of the molecule is CC1CCCC(C(=O)c2cccc(F)c2F)(N(C)C)C1. The van der Waals surface area contributed by atoms with Gasteiger partial charge in [-0.3, -0.25) is 9.69 Å². The van der Waals surface area contributed by atoms with E-state index in [1.54, 1.807) is 0 Å². The summed E-state index contributed by atoms with van der Waals surface area (Å²) < 4.78 is 27.3. The lowest BCUT2D eigenvalue weighted by molar-refractivity contribution is 0.0481. The minimum absolute atomic E-state index is 0.132. The highest BCUT2D eigenvalue weighted by atomic mass is 19.2. The second-order valence-electron chi connectivity index (χ2n) is 6.06. The van der Waals surface area contributed by atoms with Crippen LogP contribution in [0.4, 0.5) is 8.78 Å². The maximum absolute atomic E-state index is 13.9. The summed E-state index contributed by atoms with van der Waals surface area (Å²) in [6.07, 6.45) is 3.39. The number of rotatable bonds is 3. The Labute approximate surface area is 118 Å². The van der Waals surface area contributed by atoms with Crippen LogP contribution < -0.4 is 0 Å². The number of carbonyl (C=O) groups excluding carboxylic acids is 1. The van der Waals surface area contributed by atoms with Crippen LogP contribution >= 0.6 is 0 Å². The molecule has 2 nitrogen and oxygen atoms in total. The molecule has 0 spiro atoms. The van der Waals surface area contributed by atoms with Crippen LogP contribution in [0.1, 0.15) is 43.0 Å². The number of hydrogen-bond donors (Lipinski definition) is 0. The summed E-state index contributed by atoms with van der Waals surface area (Å²) in [6.45, 7) is 2.10. The second-order valence-corrected chi connectivity index (χ2v) is 6.06. The van der Waals surface area contributed by atoms with Crippen molar-refractivity contribution in [1.82, 2.24) is 4.90 Å². The molecule has 1 aliphatic rings. The quantitative estimate of drug-likeness (QED) is 0.788. The van der Waals surface area contributed by atoms with Gasteiger partial charge in [0.25, 0.3) is 0 Å². The Morgan fingerprint density at radius 3 is 2.65 bits per heavy atom. The summed E-state index contributed by atoms with van der Waals surface area (Å²) in [5.74, 6) is -1.89. The van der Waals surface area contributed by atoms with Crippen molar-refractivity contribution in [2.24, 2.45) is 5.92 Å². The largest absolute Gasteiger partial charge is 0.297 e. The lowest BCUT2D eigenvalue weighted by Gasteiger charge is -2.43. The number of halogens is 2. The molecule has 0 radical (unpaired) electrons. The third-order valence-electron chi connectivity index (χ3n) is 4.45. The van der Waals surface area contributed by atoms with Gasteiger partial charge in [0.2, 0.25) is 0 Å². The molecule has 0 heterocycles. The third kappa shape index (κ3) is 2.49. The third-order valence-corrected chi connectivity index (χ3v) is 4.45. The van der Waals surface area contributed by atoms with Gasteiger partial charge in [-0.15, -0.1) is 0 Å². The van der Waals surface area contributed by atoms with E-state index in [9.17, 15) is 13.6 Å². The lowest BCUT2D eigenvalue weighted by Crippen LogP contribution is -2.54. The minimum Gasteiger partial charge on any atom is -0.297 e. The Morgan fingerprint density at radius 1 is 1.35 bits per heavy atom. The molecule has 0 N–H and O–H groups in total. The Kier molecular flexibility index (Phi) is 4.23. The Hall–Kier alpha value is -1.29. The van der Waals surface area contributed by atoms with E-state index in [0.717, 1.165) is 18.9 Å². The van der Waals surface area contributed by atoms with Gasteiger partial charge < -0.3 is 0 Å². The number of carbonyl (C=O) groups is 1. The number of ketones is 1. The van der Waals surface area contributed by atoms with E-state index in [2.05, 4.69) is 6.92 Å². The molecule has 2 rings (SSSR count). The van der Waals surface area contributed by atoms with Crippen molar-refractivity contribution in [2.45, 2.75) is 38.1 Å². The van der Waals surface area contributed by atoms with E-state index < -0.39 is 17.2 Å². The highest BCUT2D eigenvalue weighted by Gasteiger charge is 2.44. The van der Waals surface area contributed by atoms with Gasteiger partial charge in [-0.25, -0.2) is 8.78 Å². The molecule has 1 saturated carbocycles. The second kappa shape index (κ2) is 5.60. The number of hydrogen-bond acceptors (Lipinski definition) is 2. The Bertz CT molecular complexity index is 515. The van der Waals surface area contributed by atoms with E-state index in [-0.39, 0.29) is 11.3 Å². The van der Waals surface area contributed by atoms with Gasteiger partial charge in [0.1, 0.15) is 0 Å². The summed E-state index contributed by atoms with van der Waals surface area (Å²) in [4.78, 5) is 14.7. The Balaban J connectivity index is 2.44. The topological polar surface area (TPSA) is 20.3 Å². The summed E-state index contributed by atoms with van der Waals surface area (Å²) in [5, 5.41) is 0. The molecule has 4 heteroatoms. The van der Waals surface area contributed by atoms with Crippen molar-refractivity contribution in [1.29, 1.82) is 0 Å². The molecule has 1 aromatic rings. The van der Waals surface area contributed by atoms with Crippen LogP contribution in [0.3, 0.4) is 0 Å². The standard InChI is InChI=1S/C16H21F2NO/c1-11-6-5-9-16(10-11,19(2)3)15(20)12-7-4-8-13(17)14(12)18/h4,7-8,11H,5-6,9-10H2,1-3H3. The zero-order valence-electron chi connectivity index (χ0n) is 12.2. The molecule has 110 valence electrons. The van der Waals surface area contributed by atoms with Crippen molar-refractivity contribution in [3.8, 4) is 0 Å². The van der Waals surface area contributed by atoms with Crippen molar-refractivity contribution in [3.05, 3.63) is 35.4 Å². The van der Waals surface area contributed by atoms with E-state index in [4.69, 9.17) is 0 Å². The summed E-state index contributed by atoms with van der Waals surface area (Å²) in [5.41, 5.74) is -0.848. The lowest BCUT2D eigenvalue weighted by atomic mass is 9.71. The van der Waals surface area contributed by atoms with Gasteiger partial charge in [0, 0.05) is 0 Å². The van der Waals surface area contributed by atoms with Gasteiger partial charge in [0.15, 0.2) is 17.4 Å². The van der Waals surface area contributed by atoms with E-state index >= 15 is 0 Å². The van der Waals surface area contributed by atoms with Gasteiger partial charge in [-0.1, -0.05) is 25.8 Å². The highest BCUT2D eigenvalue weighted by molar-refractivity contribution is 6.03. The summed E-state index contributed by atoms with van der Waals surface area (Å²) >= 11 is 0. The van der Waals surface area contributed by atoms with Gasteiger partial charge in [0.05, 0.1) is 11.1 Å². The van der Waals surface area contributed by atoms with Crippen LogP contribution in [-0.2, 0) is 0 Å². The van der Waals surface area contributed by atoms with Crippen LogP contribution in [0.15, 0.2) is 18.2 Å². The molecule has 1 aliphatic carbocycles. The molecule has 1 aromatic carbocycles. The van der Waals surface area contributed by atoms with Crippen LogP contribution in [0.5, 0.6) is 0 Å². The molecule has 0 bridgehead atoms. The molecule has 2 unspecified atom stereocenters. The fraction of sp³-hybridized carbons (Fsp3) is 0.562. The molecule has 20 heavy (non-hydrogen) atoms. The predicted molar refractivity (Wildman–Crippen MR) is 74.7 cm³/mol. The maximum atomic E-state index is 13.9. The molecule has 0 aliphatic heterocycles. The molecule has 2 atom stereocenters. The first-order valence-corrected chi connectivity index (χ1v) is 7.05. The van der Waals surface area contributed by atoms with Gasteiger partial charge >= 0.3 is 0 Å². The average molecular weight is 281 g/mol. The van der Waals surface area contributed by atoms with E-state index in [1.165, 1.54) is 12.1 Å². The van der Waals surface area contributed by atoms with Crippen LogP contribution in [0.25, 0.3) is 0 Å². The monoisotopic (exact) mass is 281 g/mol. The normalized spacial score (nSPS) is 26.8. The van der Waals surface area contributed by atoms with Gasteiger partial charge in [-0.05, 0) is 45.0 Å². The predicted octanol–water partition coefficient (Wildman–Crippen LogP) is 3.66. The zero-order valence-corrected chi connectivity index (χ0v) is 12.2. The van der Waals surface area contributed by atoms with E-state index in [1.807, 2.05) is 19.0 Å². The highest BCUT2D eigenvalue weighted by Crippen LogP contribution is 2.38. The van der Waals surface area contributed by atoms with Crippen LogP contribution in [0.2, 0.25) is 0 Å². The smallest absolute Gasteiger partial charge is 0.186 e. The molecule has 0 aromatic heterocycles. The molecule has 1 fully saturated rings. The number of benzene rings is 1.